The number of anilines is 1. The first-order chi connectivity index (χ1) is 13.3. The van der Waals surface area contributed by atoms with Gasteiger partial charge in [0.25, 0.3) is 5.91 Å². The van der Waals surface area contributed by atoms with E-state index in [1.807, 2.05) is 42.5 Å². The second-order valence-electron chi connectivity index (χ2n) is 6.15. The topological polar surface area (TPSA) is 74.7 Å². The number of carbonyl (C=O) groups is 1. The molecule has 1 saturated heterocycles. The highest BCUT2D eigenvalue weighted by Crippen LogP contribution is 2.34. The third kappa shape index (κ3) is 3.71. The highest BCUT2D eigenvalue weighted by molar-refractivity contribution is 7.17. The largest absolute Gasteiger partial charge is 0.378 e. The highest BCUT2D eigenvalue weighted by Gasteiger charge is 2.20. The van der Waals surface area contributed by atoms with Crippen molar-refractivity contribution in [1.82, 2.24) is 10.5 Å². The summed E-state index contributed by atoms with van der Waals surface area (Å²) in [6, 6.07) is 17.7. The van der Waals surface area contributed by atoms with Crippen LogP contribution in [-0.4, -0.2) is 42.4 Å². The van der Waals surface area contributed by atoms with E-state index in [1.165, 1.54) is 11.3 Å². The van der Waals surface area contributed by atoms with Crippen molar-refractivity contribution in [1.29, 1.82) is 0 Å². The molecule has 1 fully saturated rings. The summed E-state index contributed by atoms with van der Waals surface area (Å²) < 4.78 is 5.40. The van der Waals surface area contributed by atoms with Gasteiger partial charge in [0.05, 0.1) is 18.9 Å². The monoisotopic (exact) mass is 381 g/mol. The molecule has 0 unspecified atom stereocenters. The zero-order valence-electron chi connectivity index (χ0n) is 14.6. The van der Waals surface area contributed by atoms with Crippen molar-refractivity contribution in [3.8, 4) is 21.8 Å². The summed E-state index contributed by atoms with van der Waals surface area (Å²) in [6.45, 7) is 3.26. The van der Waals surface area contributed by atoms with Gasteiger partial charge in [-0.15, -0.1) is 11.3 Å². The second kappa shape index (κ2) is 7.87. The number of benzene rings is 2. The van der Waals surface area contributed by atoms with Gasteiger partial charge >= 0.3 is 0 Å². The molecule has 0 aliphatic carbocycles. The van der Waals surface area contributed by atoms with Gasteiger partial charge in [0.15, 0.2) is 0 Å². The van der Waals surface area contributed by atoms with Crippen LogP contribution in [0.2, 0.25) is 0 Å². The number of amides is 1. The Balaban J connectivity index is 1.67. The van der Waals surface area contributed by atoms with E-state index in [9.17, 15) is 4.79 Å². The van der Waals surface area contributed by atoms with E-state index in [-0.39, 0.29) is 0 Å². The SMILES string of the molecule is O=C(NO)c1sc(-c2ccc(N3CCOCC3)cc2)nc1-c1ccccc1. The predicted molar refractivity (Wildman–Crippen MR) is 105 cm³/mol. The summed E-state index contributed by atoms with van der Waals surface area (Å²) in [4.78, 5) is 19.5. The van der Waals surface area contributed by atoms with E-state index >= 15 is 0 Å². The molecule has 7 heteroatoms. The van der Waals surface area contributed by atoms with Crippen LogP contribution >= 0.6 is 11.3 Å². The summed E-state index contributed by atoms with van der Waals surface area (Å²) in [5.74, 6) is -0.553. The van der Waals surface area contributed by atoms with E-state index in [4.69, 9.17) is 9.94 Å². The molecule has 2 heterocycles. The molecule has 0 spiro atoms. The Morgan fingerprint density at radius 2 is 1.74 bits per heavy atom. The van der Waals surface area contributed by atoms with Crippen LogP contribution in [0.5, 0.6) is 0 Å². The van der Waals surface area contributed by atoms with Crippen LogP contribution in [0.4, 0.5) is 5.69 Å². The van der Waals surface area contributed by atoms with Crippen molar-refractivity contribution in [2.45, 2.75) is 0 Å². The zero-order chi connectivity index (χ0) is 18.6. The van der Waals surface area contributed by atoms with Gasteiger partial charge in [0.2, 0.25) is 0 Å². The van der Waals surface area contributed by atoms with Crippen molar-refractivity contribution in [2.24, 2.45) is 0 Å². The van der Waals surface area contributed by atoms with Crippen LogP contribution in [0, 0.1) is 0 Å². The Kier molecular flexibility index (Phi) is 5.15. The van der Waals surface area contributed by atoms with Crippen LogP contribution in [0.25, 0.3) is 21.8 Å². The maximum absolute atomic E-state index is 12.1. The molecule has 0 radical (unpaired) electrons. The van der Waals surface area contributed by atoms with Gasteiger partial charge in [0.1, 0.15) is 9.88 Å². The minimum atomic E-state index is -0.553. The minimum Gasteiger partial charge on any atom is -0.378 e. The number of hydroxylamine groups is 1. The molecule has 138 valence electrons. The van der Waals surface area contributed by atoms with Gasteiger partial charge in [0, 0.05) is 29.9 Å². The number of ether oxygens (including phenoxy) is 1. The minimum absolute atomic E-state index is 0.385. The number of hydrogen-bond donors (Lipinski definition) is 2. The smallest absolute Gasteiger partial charge is 0.287 e. The molecule has 1 aliphatic heterocycles. The van der Waals surface area contributed by atoms with Gasteiger partial charge in [-0.05, 0) is 24.3 Å². The van der Waals surface area contributed by atoms with Crippen LogP contribution in [0.3, 0.4) is 0 Å². The van der Waals surface area contributed by atoms with E-state index < -0.39 is 5.91 Å². The third-order valence-electron chi connectivity index (χ3n) is 4.47. The summed E-state index contributed by atoms with van der Waals surface area (Å²) in [6.07, 6.45) is 0. The molecule has 4 rings (SSSR count). The lowest BCUT2D eigenvalue weighted by molar-refractivity contribution is 0.0711. The average molecular weight is 381 g/mol. The first kappa shape index (κ1) is 17.7. The number of nitrogens with one attached hydrogen (secondary N) is 1. The second-order valence-corrected chi connectivity index (χ2v) is 7.15. The van der Waals surface area contributed by atoms with Crippen molar-refractivity contribution in [2.75, 3.05) is 31.2 Å². The molecule has 0 saturated carbocycles. The predicted octanol–water partition coefficient (Wildman–Crippen LogP) is 3.43. The summed E-state index contributed by atoms with van der Waals surface area (Å²) >= 11 is 1.26. The number of hydrogen-bond acceptors (Lipinski definition) is 6. The molecule has 2 N–H and O–H groups in total. The third-order valence-corrected chi connectivity index (χ3v) is 5.58. The summed E-state index contributed by atoms with van der Waals surface area (Å²) in [5.41, 5.74) is 5.21. The Hall–Kier alpha value is -2.74. The molecular formula is C20H19N3O3S. The maximum atomic E-state index is 12.1. The summed E-state index contributed by atoms with van der Waals surface area (Å²) in [5, 5.41) is 9.82. The average Bonchev–Trinajstić information content (AvgIpc) is 3.20. The first-order valence-electron chi connectivity index (χ1n) is 8.70. The molecule has 1 aromatic heterocycles. The molecule has 1 amide bonds. The standard InChI is InChI=1S/C20H19N3O3S/c24-19(22-25)18-17(14-4-2-1-3-5-14)21-20(27-18)15-6-8-16(9-7-15)23-10-12-26-13-11-23/h1-9,25H,10-13H2,(H,22,24). The quantitative estimate of drug-likeness (QED) is 0.535. The fourth-order valence-electron chi connectivity index (χ4n) is 3.08. The Labute approximate surface area is 161 Å². The number of carbonyl (C=O) groups excluding carboxylic acids is 1. The molecular weight excluding hydrogens is 362 g/mol. The van der Waals surface area contributed by atoms with Crippen molar-refractivity contribution in [3.63, 3.8) is 0 Å². The van der Waals surface area contributed by atoms with Gasteiger partial charge in [-0.1, -0.05) is 30.3 Å². The van der Waals surface area contributed by atoms with E-state index in [0.29, 0.717) is 10.6 Å². The van der Waals surface area contributed by atoms with Gasteiger partial charge in [-0.25, -0.2) is 10.5 Å². The van der Waals surface area contributed by atoms with Gasteiger partial charge in [-0.3, -0.25) is 10.0 Å². The molecule has 3 aromatic rings. The van der Waals surface area contributed by atoms with Crippen LogP contribution in [0.15, 0.2) is 54.6 Å². The molecule has 6 nitrogen and oxygen atoms in total. The lowest BCUT2D eigenvalue weighted by atomic mass is 10.1. The van der Waals surface area contributed by atoms with Crippen molar-refractivity contribution < 1.29 is 14.7 Å². The Morgan fingerprint density at radius 3 is 2.41 bits per heavy atom. The molecule has 0 bridgehead atoms. The van der Waals surface area contributed by atoms with Crippen molar-refractivity contribution in [3.05, 3.63) is 59.5 Å². The van der Waals surface area contributed by atoms with E-state index in [1.54, 1.807) is 5.48 Å². The maximum Gasteiger partial charge on any atom is 0.287 e. The fraction of sp³-hybridized carbons (Fsp3) is 0.200. The van der Waals surface area contributed by atoms with Gasteiger partial charge in [-0.2, -0.15) is 0 Å². The first-order valence-corrected chi connectivity index (χ1v) is 9.52. The molecule has 2 aromatic carbocycles. The molecule has 27 heavy (non-hydrogen) atoms. The number of rotatable bonds is 4. The lowest BCUT2D eigenvalue weighted by Gasteiger charge is -2.28. The van der Waals surface area contributed by atoms with Crippen LogP contribution < -0.4 is 10.4 Å². The Morgan fingerprint density at radius 1 is 1.04 bits per heavy atom. The number of thiazole rings is 1. The number of nitrogens with zero attached hydrogens (tertiary/aromatic N) is 2. The lowest BCUT2D eigenvalue weighted by Crippen LogP contribution is -2.36. The molecule has 1 aliphatic rings. The highest BCUT2D eigenvalue weighted by atomic mass is 32.1. The number of aromatic nitrogens is 1. The molecule has 0 atom stereocenters. The Bertz CT molecular complexity index is 919. The van der Waals surface area contributed by atoms with Crippen LogP contribution in [-0.2, 0) is 4.74 Å². The fourth-order valence-corrected chi connectivity index (χ4v) is 4.06. The zero-order valence-corrected chi connectivity index (χ0v) is 15.4. The van der Waals surface area contributed by atoms with Crippen molar-refractivity contribution >= 4 is 22.9 Å². The van der Waals surface area contributed by atoms with Crippen LogP contribution in [0.1, 0.15) is 9.67 Å². The number of morpholine rings is 1. The van der Waals surface area contributed by atoms with E-state index in [2.05, 4.69) is 22.0 Å². The van der Waals surface area contributed by atoms with Gasteiger partial charge < -0.3 is 9.64 Å². The normalized spacial score (nSPS) is 14.2. The van der Waals surface area contributed by atoms with E-state index in [0.717, 1.165) is 48.1 Å². The summed E-state index contributed by atoms with van der Waals surface area (Å²) in [7, 11) is 0.